The summed E-state index contributed by atoms with van der Waals surface area (Å²) in [5.41, 5.74) is 3.80. The van der Waals surface area contributed by atoms with Crippen LogP contribution in [0.3, 0.4) is 0 Å². The molecule has 1 saturated heterocycles. The van der Waals surface area contributed by atoms with Crippen molar-refractivity contribution in [1.29, 1.82) is 0 Å². The quantitative estimate of drug-likeness (QED) is 0.632. The van der Waals surface area contributed by atoms with Gasteiger partial charge in [-0.3, -0.25) is 14.4 Å². The number of piperazine rings is 1. The summed E-state index contributed by atoms with van der Waals surface area (Å²) >= 11 is 0. The molecule has 180 valence electrons. The zero-order valence-corrected chi connectivity index (χ0v) is 19.9. The molecule has 2 aromatic carbocycles. The molecule has 3 aromatic rings. The van der Waals surface area contributed by atoms with E-state index in [2.05, 4.69) is 5.32 Å². The minimum Gasteiger partial charge on any atom is -0.459 e. The number of fused-ring (bicyclic) bond motifs is 1. The molecule has 2 aliphatic rings. The molecular formula is C27H28N4O4. The third-order valence-corrected chi connectivity index (χ3v) is 6.60. The maximum absolute atomic E-state index is 13.2. The first kappa shape index (κ1) is 22.9. The van der Waals surface area contributed by atoms with Gasteiger partial charge in [0.05, 0.1) is 23.7 Å². The Morgan fingerprint density at radius 1 is 0.914 bits per heavy atom. The summed E-state index contributed by atoms with van der Waals surface area (Å²) in [5, 5.41) is 3.26. The average molecular weight is 473 g/mol. The second kappa shape index (κ2) is 9.38. The molecule has 1 aromatic heterocycles. The lowest BCUT2D eigenvalue weighted by atomic mass is 9.99. The van der Waals surface area contributed by atoms with Crippen LogP contribution in [0.25, 0.3) is 11.1 Å². The molecule has 0 radical (unpaired) electrons. The molecule has 1 atom stereocenters. The zero-order valence-electron chi connectivity index (χ0n) is 19.9. The predicted octanol–water partition coefficient (Wildman–Crippen LogP) is 3.39. The largest absolute Gasteiger partial charge is 0.459 e. The molecule has 2 aliphatic heterocycles. The molecule has 0 bridgehead atoms. The van der Waals surface area contributed by atoms with Crippen molar-refractivity contribution in [1.82, 2.24) is 10.2 Å². The first-order chi connectivity index (χ1) is 16.9. The second-order valence-corrected chi connectivity index (χ2v) is 8.95. The average Bonchev–Trinajstić information content (AvgIpc) is 3.42. The first-order valence-electron chi connectivity index (χ1n) is 11.8. The lowest BCUT2D eigenvalue weighted by molar-refractivity contribution is -0.117. The Hall–Kier alpha value is -3.91. The van der Waals surface area contributed by atoms with Crippen LogP contribution in [-0.4, -0.2) is 61.4 Å². The highest BCUT2D eigenvalue weighted by Gasteiger charge is 2.35. The monoisotopic (exact) mass is 472 g/mol. The second-order valence-electron chi connectivity index (χ2n) is 8.95. The lowest BCUT2D eigenvalue weighted by Crippen LogP contribution is -2.51. The van der Waals surface area contributed by atoms with Gasteiger partial charge in [0.2, 0.25) is 5.91 Å². The summed E-state index contributed by atoms with van der Waals surface area (Å²) in [5.74, 6) is -0.0433. The van der Waals surface area contributed by atoms with Crippen LogP contribution in [0, 0.1) is 0 Å². The number of carbonyl (C=O) groups is 3. The number of carbonyl (C=O) groups excluding carboxylic acids is 3. The Balaban J connectivity index is 1.48. The van der Waals surface area contributed by atoms with E-state index < -0.39 is 0 Å². The molecule has 35 heavy (non-hydrogen) atoms. The number of hydrogen-bond donors (Lipinski definition) is 1. The van der Waals surface area contributed by atoms with Crippen LogP contribution in [0.2, 0.25) is 0 Å². The van der Waals surface area contributed by atoms with Crippen LogP contribution in [0.15, 0.2) is 65.3 Å². The van der Waals surface area contributed by atoms with Crippen molar-refractivity contribution in [3.8, 4) is 11.1 Å². The molecule has 1 fully saturated rings. The standard InChI is InChI=1S/C27H28N4O4/c1-18-17-30(27(34)25-4-3-15-35-25)24-16-22(9-10-23(24)31(18)19(2)32)20-5-7-21(8-6-20)26(33)29-13-11-28-12-14-29/h3-10,15-16,18,28H,11-14,17H2,1-2H3. The summed E-state index contributed by atoms with van der Waals surface area (Å²) < 4.78 is 5.36. The Morgan fingerprint density at radius 2 is 1.63 bits per heavy atom. The van der Waals surface area contributed by atoms with Crippen LogP contribution >= 0.6 is 0 Å². The lowest BCUT2D eigenvalue weighted by Gasteiger charge is -2.40. The van der Waals surface area contributed by atoms with E-state index in [1.165, 1.54) is 13.2 Å². The topological polar surface area (TPSA) is 86.1 Å². The van der Waals surface area contributed by atoms with Crippen molar-refractivity contribution in [2.75, 3.05) is 42.5 Å². The van der Waals surface area contributed by atoms with Gasteiger partial charge < -0.3 is 24.4 Å². The van der Waals surface area contributed by atoms with Gasteiger partial charge in [-0.2, -0.15) is 0 Å². The first-order valence-corrected chi connectivity index (χ1v) is 11.8. The molecule has 0 aliphatic carbocycles. The summed E-state index contributed by atoms with van der Waals surface area (Å²) in [6.07, 6.45) is 1.48. The van der Waals surface area contributed by atoms with Crippen molar-refractivity contribution < 1.29 is 18.8 Å². The van der Waals surface area contributed by atoms with Crippen molar-refractivity contribution in [2.45, 2.75) is 19.9 Å². The van der Waals surface area contributed by atoms with Crippen LogP contribution in [-0.2, 0) is 4.79 Å². The summed E-state index contributed by atoms with van der Waals surface area (Å²) in [6, 6.07) is 16.4. The zero-order chi connectivity index (χ0) is 24.5. The smallest absolute Gasteiger partial charge is 0.294 e. The fourth-order valence-electron chi connectivity index (χ4n) is 4.87. The summed E-state index contributed by atoms with van der Waals surface area (Å²) in [6.45, 7) is 6.84. The van der Waals surface area contributed by atoms with Crippen molar-refractivity contribution in [3.05, 3.63) is 72.2 Å². The van der Waals surface area contributed by atoms with E-state index >= 15 is 0 Å². The van der Waals surface area contributed by atoms with Crippen LogP contribution in [0.1, 0.15) is 34.8 Å². The number of nitrogens with zero attached hydrogens (tertiary/aromatic N) is 3. The van der Waals surface area contributed by atoms with Gasteiger partial charge in [-0.1, -0.05) is 18.2 Å². The van der Waals surface area contributed by atoms with E-state index in [0.717, 1.165) is 24.2 Å². The fourth-order valence-corrected chi connectivity index (χ4v) is 4.87. The van der Waals surface area contributed by atoms with Crippen LogP contribution < -0.4 is 15.1 Å². The molecular weight excluding hydrogens is 444 g/mol. The van der Waals surface area contributed by atoms with Crippen molar-refractivity contribution in [2.24, 2.45) is 0 Å². The van der Waals surface area contributed by atoms with Gasteiger partial charge in [0, 0.05) is 45.2 Å². The Kier molecular flexibility index (Phi) is 6.13. The Morgan fingerprint density at radius 3 is 2.29 bits per heavy atom. The molecule has 8 nitrogen and oxygen atoms in total. The highest BCUT2D eigenvalue weighted by Crippen LogP contribution is 2.39. The fraction of sp³-hybridized carbons (Fsp3) is 0.296. The third kappa shape index (κ3) is 4.33. The van der Waals surface area contributed by atoms with Gasteiger partial charge in [-0.25, -0.2) is 0 Å². The summed E-state index contributed by atoms with van der Waals surface area (Å²) in [7, 11) is 0. The van der Waals surface area contributed by atoms with Gasteiger partial charge in [-0.15, -0.1) is 0 Å². The number of furan rings is 1. The van der Waals surface area contributed by atoms with Gasteiger partial charge >= 0.3 is 0 Å². The number of nitrogens with one attached hydrogen (secondary N) is 1. The molecule has 0 spiro atoms. The van der Waals surface area contributed by atoms with E-state index in [0.29, 0.717) is 36.6 Å². The van der Waals surface area contributed by atoms with Gasteiger partial charge in [0.15, 0.2) is 5.76 Å². The van der Waals surface area contributed by atoms with Gasteiger partial charge in [0.1, 0.15) is 0 Å². The Labute approximate surface area is 204 Å². The van der Waals surface area contributed by atoms with Crippen LogP contribution in [0.5, 0.6) is 0 Å². The van der Waals surface area contributed by atoms with Crippen molar-refractivity contribution in [3.63, 3.8) is 0 Å². The minimum atomic E-state index is -0.250. The normalized spacial score (nSPS) is 17.8. The van der Waals surface area contributed by atoms with Crippen molar-refractivity contribution >= 4 is 29.1 Å². The highest BCUT2D eigenvalue weighted by molar-refractivity contribution is 6.10. The van der Waals surface area contributed by atoms with E-state index in [1.807, 2.05) is 54.3 Å². The predicted molar refractivity (Wildman–Crippen MR) is 134 cm³/mol. The van der Waals surface area contributed by atoms with Gasteiger partial charge in [0.25, 0.3) is 11.8 Å². The maximum Gasteiger partial charge on any atom is 0.294 e. The van der Waals surface area contributed by atoms with Gasteiger partial charge in [-0.05, 0) is 54.4 Å². The molecule has 1 N–H and O–H groups in total. The SMILES string of the molecule is CC(=O)N1c2ccc(-c3ccc(C(=O)N4CCNCC4)cc3)cc2N(C(=O)c2ccco2)CC1C. The number of amides is 3. The minimum absolute atomic E-state index is 0.0322. The molecule has 3 amide bonds. The van der Waals surface area contributed by atoms with Crippen LogP contribution in [0.4, 0.5) is 11.4 Å². The molecule has 3 heterocycles. The number of rotatable bonds is 3. The Bertz CT molecular complexity index is 1250. The molecule has 1 unspecified atom stereocenters. The molecule has 5 rings (SSSR count). The maximum atomic E-state index is 13.2. The van der Waals surface area contributed by atoms with E-state index in [-0.39, 0.29) is 29.5 Å². The molecule has 0 saturated carbocycles. The third-order valence-electron chi connectivity index (χ3n) is 6.60. The van der Waals surface area contributed by atoms with E-state index in [4.69, 9.17) is 4.42 Å². The molecule has 8 heteroatoms. The number of anilines is 2. The number of hydrogen-bond acceptors (Lipinski definition) is 5. The highest BCUT2D eigenvalue weighted by atomic mass is 16.3. The summed E-state index contributed by atoms with van der Waals surface area (Å²) in [4.78, 5) is 43.7. The van der Waals surface area contributed by atoms with E-state index in [9.17, 15) is 14.4 Å². The number of benzene rings is 2. The van der Waals surface area contributed by atoms with E-state index in [1.54, 1.807) is 21.9 Å².